The zero-order chi connectivity index (χ0) is 28.6. The first kappa shape index (κ1) is 29.2. The number of terminal acetylenes is 1. The SMILES string of the molecule is C#Cc1ccc(C(C(=O)Nc2ccc3ccccc3c2)N(CCC)C(=O)C(CO)NC(=O)OC(C)(C)C)cc1. The number of aliphatic hydroxyl groups is 1. The molecule has 3 aromatic rings. The maximum Gasteiger partial charge on any atom is 0.408 e. The van der Waals surface area contributed by atoms with Crippen molar-refractivity contribution in [3.8, 4) is 12.3 Å². The van der Waals surface area contributed by atoms with Gasteiger partial charge in [0.25, 0.3) is 5.91 Å². The van der Waals surface area contributed by atoms with E-state index in [0.717, 1.165) is 10.8 Å². The highest BCUT2D eigenvalue weighted by Gasteiger charge is 2.35. The summed E-state index contributed by atoms with van der Waals surface area (Å²) in [4.78, 5) is 41.3. The first-order valence-electron chi connectivity index (χ1n) is 12.8. The van der Waals surface area contributed by atoms with E-state index in [1.54, 1.807) is 51.1 Å². The summed E-state index contributed by atoms with van der Waals surface area (Å²) in [5.41, 5.74) is 0.930. The second-order valence-electron chi connectivity index (χ2n) is 10.1. The van der Waals surface area contributed by atoms with Gasteiger partial charge in [-0.15, -0.1) is 6.42 Å². The Morgan fingerprint density at radius 1 is 1.03 bits per heavy atom. The lowest BCUT2D eigenvalue weighted by Gasteiger charge is -2.34. The smallest absolute Gasteiger partial charge is 0.408 e. The van der Waals surface area contributed by atoms with Gasteiger partial charge in [0.2, 0.25) is 5.91 Å². The number of nitrogens with one attached hydrogen (secondary N) is 2. The Morgan fingerprint density at radius 2 is 1.69 bits per heavy atom. The number of carbonyl (C=O) groups is 3. The number of amides is 3. The van der Waals surface area contributed by atoms with Crippen LogP contribution in [0.2, 0.25) is 0 Å². The minimum absolute atomic E-state index is 0.192. The molecule has 0 aromatic heterocycles. The molecule has 0 aliphatic rings. The Morgan fingerprint density at radius 3 is 2.28 bits per heavy atom. The average molecular weight is 530 g/mol. The van der Waals surface area contributed by atoms with Crippen LogP contribution in [0.3, 0.4) is 0 Å². The van der Waals surface area contributed by atoms with Gasteiger partial charge in [-0.2, -0.15) is 0 Å². The molecule has 204 valence electrons. The van der Waals surface area contributed by atoms with E-state index in [2.05, 4.69) is 16.6 Å². The highest BCUT2D eigenvalue weighted by atomic mass is 16.6. The molecule has 8 nitrogen and oxygen atoms in total. The number of alkyl carbamates (subject to hydrolysis) is 1. The fourth-order valence-electron chi connectivity index (χ4n) is 4.16. The topological polar surface area (TPSA) is 108 Å². The normalized spacial score (nSPS) is 12.6. The van der Waals surface area contributed by atoms with Gasteiger partial charge in [0.05, 0.1) is 6.61 Å². The fraction of sp³-hybridized carbons (Fsp3) is 0.323. The molecule has 0 saturated heterocycles. The monoisotopic (exact) mass is 529 g/mol. The summed E-state index contributed by atoms with van der Waals surface area (Å²) >= 11 is 0. The largest absolute Gasteiger partial charge is 0.444 e. The molecule has 0 spiro atoms. The second kappa shape index (κ2) is 12.9. The maximum atomic E-state index is 13.8. The van der Waals surface area contributed by atoms with E-state index in [0.29, 0.717) is 23.2 Å². The predicted octanol–water partition coefficient (Wildman–Crippen LogP) is 4.63. The molecule has 39 heavy (non-hydrogen) atoms. The number of carbonyl (C=O) groups excluding carboxylic acids is 3. The molecule has 0 fully saturated rings. The molecule has 3 N–H and O–H groups in total. The van der Waals surface area contributed by atoms with Crippen LogP contribution in [0, 0.1) is 12.3 Å². The Bertz CT molecular complexity index is 1360. The maximum absolute atomic E-state index is 13.8. The van der Waals surface area contributed by atoms with Crippen molar-refractivity contribution >= 4 is 34.4 Å². The van der Waals surface area contributed by atoms with Crippen molar-refractivity contribution in [3.05, 3.63) is 77.9 Å². The van der Waals surface area contributed by atoms with Gasteiger partial charge in [0, 0.05) is 17.8 Å². The van der Waals surface area contributed by atoms with Crippen LogP contribution in [-0.2, 0) is 14.3 Å². The summed E-state index contributed by atoms with van der Waals surface area (Å²) in [6, 6.07) is 17.8. The first-order valence-corrected chi connectivity index (χ1v) is 12.8. The van der Waals surface area contributed by atoms with Crippen molar-refractivity contribution in [1.82, 2.24) is 10.2 Å². The number of nitrogens with zero attached hydrogens (tertiary/aromatic N) is 1. The van der Waals surface area contributed by atoms with E-state index in [4.69, 9.17) is 11.2 Å². The predicted molar refractivity (Wildman–Crippen MR) is 152 cm³/mol. The van der Waals surface area contributed by atoms with Crippen molar-refractivity contribution in [2.24, 2.45) is 0 Å². The average Bonchev–Trinajstić information content (AvgIpc) is 2.90. The number of rotatable bonds is 9. The van der Waals surface area contributed by atoms with Gasteiger partial charge in [-0.3, -0.25) is 9.59 Å². The van der Waals surface area contributed by atoms with Gasteiger partial charge >= 0.3 is 6.09 Å². The number of ether oxygens (including phenoxy) is 1. The zero-order valence-corrected chi connectivity index (χ0v) is 22.7. The van der Waals surface area contributed by atoms with Gasteiger partial charge in [0.15, 0.2) is 0 Å². The summed E-state index contributed by atoms with van der Waals surface area (Å²) in [7, 11) is 0. The number of fused-ring (bicyclic) bond motifs is 1. The number of hydrogen-bond acceptors (Lipinski definition) is 5. The van der Waals surface area contributed by atoms with Crippen molar-refractivity contribution < 1.29 is 24.2 Å². The molecule has 0 aliphatic carbocycles. The van der Waals surface area contributed by atoms with E-state index in [-0.39, 0.29) is 6.54 Å². The minimum atomic E-state index is -1.31. The Balaban J connectivity index is 1.97. The lowest BCUT2D eigenvalue weighted by Crippen LogP contribution is -2.54. The summed E-state index contributed by atoms with van der Waals surface area (Å²) in [6.07, 6.45) is 5.19. The lowest BCUT2D eigenvalue weighted by atomic mass is 10.0. The Hall–Kier alpha value is -4.35. The fourth-order valence-corrected chi connectivity index (χ4v) is 4.16. The van der Waals surface area contributed by atoms with Crippen LogP contribution in [0.25, 0.3) is 10.8 Å². The third-order valence-electron chi connectivity index (χ3n) is 5.89. The van der Waals surface area contributed by atoms with Crippen LogP contribution in [0.15, 0.2) is 66.7 Å². The molecule has 0 saturated carbocycles. The van der Waals surface area contributed by atoms with Crippen molar-refractivity contribution in [2.45, 2.75) is 51.8 Å². The molecule has 0 heterocycles. The molecule has 3 aromatic carbocycles. The lowest BCUT2D eigenvalue weighted by molar-refractivity contribution is -0.141. The van der Waals surface area contributed by atoms with Crippen LogP contribution >= 0.6 is 0 Å². The standard InChI is InChI=1S/C31H35N3O5/c1-6-18-34(29(37)26(20-35)33-30(38)39-31(3,4)5)27(23-14-12-21(7-2)13-15-23)28(36)32-25-17-16-22-10-8-9-11-24(22)19-25/h2,8-17,19,26-27,35H,6,18,20H2,1,3-5H3,(H,32,36)(H,33,38). The van der Waals surface area contributed by atoms with Gasteiger partial charge in [-0.1, -0.05) is 55.3 Å². The first-order chi connectivity index (χ1) is 18.6. The Labute approximate surface area is 229 Å². The summed E-state index contributed by atoms with van der Waals surface area (Å²) in [5.74, 6) is 1.48. The molecule has 8 heteroatoms. The quantitative estimate of drug-likeness (QED) is 0.351. The van der Waals surface area contributed by atoms with E-state index >= 15 is 0 Å². The number of hydrogen-bond donors (Lipinski definition) is 3. The molecule has 0 bridgehead atoms. The molecule has 0 aliphatic heterocycles. The molecule has 2 atom stereocenters. The number of anilines is 1. The molecule has 3 rings (SSSR count). The molecule has 0 radical (unpaired) electrons. The third kappa shape index (κ3) is 7.82. The summed E-state index contributed by atoms with van der Waals surface area (Å²) in [6.45, 7) is 6.47. The third-order valence-corrected chi connectivity index (χ3v) is 5.89. The highest BCUT2D eigenvalue weighted by Crippen LogP contribution is 2.26. The summed E-state index contributed by atoms with van der Waals surface area (Å²) in [5, 5.41) is 17.4. The van der Waals surface area contributed by atoms with Gasteiger partial charge < -0.3 is 25.4 Å². The van der Waals surface area contributed by atoms with E-state index in [1.165, 1.54) is 4.90 Å². The van der Waals surface area contributed by atoms with Gasteiger partial charge in [0.1, 0.15) is 17.7 Å². The van der Waals surface area contributed by atoms with Crippen LogP contribution < -0.4 is 10.6 Å². The Kier molecular flexibility index (Phi) is 9.69. The van der Waals surface area contributed by atoms with Crippen LogP contribution in [-0.4, -0.2) is 52.7 Å². The molecular weight excluding hydrogens is 494 g/mol. The molecular formula is C31H35N3O5. The van der Waals surface area contributed by atoms with Crippen LogP contribution in [0.4, 0.5) is 10.5 Å². The highest BCUT2D eigenvalue weighted by molar-refractivity contribution is 6.00. The summed E-state index contributed by atoms with van der Waals surface area (Å²) < 4.78 is 5.26. The van der Waals surface area contributed by atoms with Gasteiger partial charge in [-0.25, -0.2) is 4.79 Å². The van der Waals surface area contributed by atoms with Gasteiger partial charge in [-0.05, 0) is 67.8 Å². The van der Waals surface area contributed by atoms with E-state index in [1.807, 2.05) is 43.3 Å². The van der Waals surface area contributed by atoms with Crippen LogP contribution in [0.1, 0.15) is 51.3 Å². The molecule has 2 unspecified atom stereocenters. The van der Waals surface area contributed by atoms with Crippen molar-refractivity contribution in [3.63, 3.8) is 0 Å². The van der Waals surface area contributed by atoms with Crippen molar-refractivity contribution in [1.29, 1.82) is 0 Å². The minimum Gasteiger partial charge on any atom is -0.444 e. The van der Waals surface area contributed by atoms with Crippen molar-refractivity contribution in [2.75, 3.05) is 18.5 Å². The number of aliphatic hydroxyl groups excluding tert-OH is 1. The number of benzene rings is 3. The van der Waals surface area contributed by atoms with Crippen LogP contribution in [0.5, 0.6) is 0 Å². The molecule has 3 amide bonds. The van der Waals surface area contributed by atoms with E-state index < -0.39 is 42.2 Å². The van der Waals surface area contributed by atoms with E-state index in [9.17, 15) is 19.5 Å². The zero-order valence-electron chi connectivity index (χ0n) is 22.7. The second-order valence-corrected chi connectivity index (χ2v) is 10.1.